The molecule has 2 rings (SSSR count). The molecule has 2 unspecified atom stereocenters. The summed E-state index contributed by atoms with van der Waals surface area (Å²) in [6.07, 6.45) is 6.55. The molecule has 2 atom stereocenters. The summed E-state index contributed by atoms with van der Waals surface area (Å²) in [5.41, 5.74) is 0.678. The number of methoxy groups -OCH3 is 1. The maximum Gasteiger partial charge on any atom is 0.0935 e. The highest BCUT2D eigenvalue weighted by molar-refractivity contribution is 5.27. The first-order valence-corrected chi connectivity index (χ1v) is 5.45. The lowest BCUT2D eigenvalue weighted by atomic mass is 9.45. The molecule has 2 aliphatic carbocycles. The fraction of sp³-hybridized carbons (Fsp3) is 0.833. The van der Waals surface area contributed by atoms with Crippen LogP contribution in [0.1, 0.15) is 39.5 Å². The Labute approximate surface area is 86.0 Å². The molecule has 0 bridgehead atoms. The molecule has 14 heavy (non-hydrogen) atoms. The Balaban J connectivity index is 2.20. The van der Waals surface area contributed by atoms with E-state index < -0.39 is 5.60 Å². The molecule has 1 spiro atoms. The number of hydrogen-bond donors (Lipinski definition) is 1. The summed E-state index contributed by atoms with van der Waals surface area (Å²) in [6, 6.07) is 0. The Bertz CT molecular complexity index is 261. The van der Waals surface area contributed by atoms with Crippen LogP contribution in [0.3, 0.4) is 0 Å². The molecule has 2 fully saturated rings. The van der Waals surface area contributed by atoms with Gasteiger partial charge in [0.1, 0.15) is 0 Å². The van der Waals surface area contributed by atoms with Crippen molar-refractivity contribution in [1.82, 2.24) is 0 Å². The molecule has 80 valence electrons. The van der Waals surface area contributed by atoms with Crippen molar-refractivity contribution in [3.05, 3.63) is 11.6 Å². The molecule has 0 aliphatic heterocycles. The summed E-state index contributed by atoms with van der Waals surface area (Å²) in [5, 5.41) is 10.5. The first-order chi connectivity index (χ1) is 6.54. The minimum Gasteiger partial charge on any atom is -0.385 e. The van der Waals surface area contributed by atoms with Crippen LogP contribution in [0.4, 0.5) is 0 Å². The minimum absolute atomic E-state index is 0.0546. The Morgan fingerprint density at radius 2 is 2.07 bits per heavy atom. The van der Waals surface area contributed by atoms with E-state index in [1.807, 2.05) is 19.9 Å². The molecule has 0 saturated heterocycles. The van der Waals surface area contributed by atoms with E-state index >= 15 is 0 Å². The molecular weight excluding hydrogens is 176 g/mol. The average Bonchev–Trinajstić information content (AvgIpc) is 1.95. The summed E-state index contributed by atoms with van der Waals surface area (Å²) in [5.74, 6) is 0. The smallest absolute Gasteiger partial charge is 0.0935 e. The molecule has 0 aromatic heterocycles. The van der Waals surface area contributed by atoms with Crippen molar-refractivity contribution in [1.29, 1.82) is 0 Å². The van der Waals surface area contributed by atoms with E-state index in [0.717, 1.165) is 19.3 Å². The van der Waals surface area contributed by atoms with Crippen LogP contribution < -0.4 is 0 Å². The minimum atomic E-state index is -0.579. The van der Waals surface area contributed by atoms with E-state index in [1.165, 1.54) is 12.0 Å². The quantitative estimate of drug-likeness (QED) is 0.686. The van der Waals surface area contributed by atoms with Gasteiger partial charge in [-0.05, 0) is 26.7 Å². The van der Waals surface area contributed by atoms with E-state index in [2.05, 4.69) is 0 Å². The topological polar surface area (TPSA) is 29.5 Å². The third kappa shape index (κ3) is 1.10. The van der Waals surface area contributed by atoms with E-state index in [-0.39, 0.29) is 11.5 Å². The molecule has 0 amide bonds. The highest BCUT2D eigenvalue weighted by Crippen LogP contribution is 2.63. The van der Waals surface area contributed by atoms with Gasteiger partial charge in [-0.1, -0.05) is 18.1 Å². The van der Waals surface area contributed by atoms with E-state index in [0.29, 0.717) is 0 Å². The van der Waals surface area contributed by atoms with Gasteiger partial charge >= 0.3 is 0 Å². The van der Waals surface area contributed by atoms with Crippen molar-refractivity contribution in [2.24, 2.45) is 5.41 Å². The van der Waals surface area contributed by atoms with Gasteiger partial charge in [-0.2, -0.15) is 0 Å². The van der Waals surface area contributed by atoms with Crippen LogP contribution in [0.2, 0.25) is 0 Å². The molecule has 2 aliphatic rings. The fourth-order valence-electron chi connectivity index (χ4n) is 3.13. The molecule has 2 nitrogen and oxygen atoms in total. The highest BCUT2D eigenvalue weighted by atomic mass is 16.5. The Hall–Kier alpha value is -0.340. The highest BCUT2D eigenvalue weighted by Gasteiger charge is 2.66. The predicted molar refractivity (Wildman–Crippen MR) is 56.1 cm³/mol. The number of rotatable bonds is 2. The van der Waals surface area contributed by atoms with Crippen LogP contribution >= 0.6 is 0 Å². The van der Waals surface area contributed by atoms with Gasteiger partial charge < -0.3 is 9.84 Å². The summed E-state index contributed by atoms with van der Waals surface area (Å²) in [7, 11) is 1.76. The van der Waals surface area contributed by atoms with Gasteiger partial charge in [0.15, 0.2) is 0 Å². The molecule has 2 heteroatoms. The first-order valence-electron chi connectivity index (χ1n) is 5.45. The van der Waals surface area contributed by atoms with Crippen LogP contribution in [0.5, 0.6) is 0 Å². The summed E-state index contributed by atoms with van der Waals surface area (Å²) < 4.78 is 5.43. The molecule has 2 saturated carbocycles. The second-order valence-electron chi connectivity index (χ2n) is 5.08. The van der Waals surface area contributed by atoms with Gasteiger partial charge in [-0.15, -0.1) is 0 Å². The van der Waals surface area contributed by atoms with Crippen molar-refractivity contribution in [2.75, 3.05) is 7.11 Å². The zero-order valence-electron chi connectivity index (χ0n) is 9.34. The average molecular weight is 196 g/mol. The van der Waals surface area contributed by atoms with Crippen molar-refractivity contribution < 1.29 is 9.84 Å². The molecule has 0 heterocycles. The second-order valence-corrected chi connectivity index (χ2v) is 5.08. The Morgan fingerprint density at radius 1 is 1.43 bits per heavy atom. The van der Waals surface area contributed by atoms with Crippen molar-refractivity contribution in [3.8, 4) is 0 Å². The SMILES string of the molecule is COC1CC(O)(C=C(C)C)C12CCC2. The Kier molecular flexibility index (Phi) is 2.24. The maximum absolute atomic E-state index is 10.5. The standard InChI is InChI=1S/C12H20O2/c1-9(2)7-12(13)8-10(14-3)11(12)5-4-6-11/h7,10,13H,4-6,8H2,1-3H3. The lowest BCUT2D eigenvalue weighted by Crippen LogP contribution is -2.69. The van der Waals surface area contributed by atoms with Crippen molar-refractivity contribution >= 4 is 0 Å². The lowest BCUT2D eigenvalue weighted by Gasteiger charge is -2.65. The van der Waals surface area contributed by atoms with Crippen molar-refractivity contribution in [3.63, 3.8) is 0 Å². The van der Waals surface area contributed by atoms with Crippen LogP contribution in [0, 0.1) is 5.41 Å². The number of hydrogen-bond acceptors (Lipinski definition) is 2. The van der Waals surface area contributed by atoms with Crippen LogP contribution in [0.15, 0.2) is 11.6 Å². The van der Waals surface area contributed by atoms with E-state index in [9.17, 15) is 5.11 Å². The second kappa shape index (κ2) is 3.07. The zero-order valence-corrected chi connectivity index (χ0v) is 9.34. The summed E-state index contributed by atoms with van der Waals surface area (Å²) in [4.78, 5) is 0. The van der Waals surface area contributed by atoms with Gasteiger partial charge in [0.25, 0.3) is 0 Å². The van der Waals surface area contributed by atoms with E-state index in [4.69, 9.17) is 4.74 Å². The molecule has 0 radical (unpaired) electrons. The monoisotopic (exact) mass is 196 g/mol. The largest absolute Gasteiger partial charge is 0.385 e. The van der Waals surface area contributed by atoms with Gasteiger partial charge in [-0.3, -0.25) is 0 Å². The van der Waals surface area contributed by atoms with Gasteiger partial charge in [0.2, 0.25) is 0 Å². The molecule has 0 aromatic rings. The molecule has 0 aromatic carbocycles. The van der Waals surface area contributed by atoms with Crippen LogP contribution in [-0.2, 0) is 4.74 Å². The van der Waals surface area contributed by atoms with Gasteiger partial charge in [0, 0.05) is 18.9 Å². The first kappa shape index (κ1) is 10.2. The summed E-state index contributed by atoms with van der Waals surface area (Å²) >= 11 is 0. The summed E-state index contributed by atoms with van der Waals surface area (Å²) in [6.45, 7) is 4.09. The predicted octanol–water partition coefficient (Wildman–Crippen LogP) is 2.27. The van der Waals surface area contributed by atoms with Crippen LogP contribution in [0.25, 0.3) is 0 Å². The van der Waals surface area contributed by atoms with Gasteiger partial charge in [-0.25, -0.2) is 0 Å². The zero-order chi connectivity index (χ0) is 10.4. The third-order valence-corrected chi connectivity index (χ3v) is 4.03. The lowest BCUT2D eigenvalue weighted by molar-refractivity contribution is -0.259. The molecular formula is C12H20O2. The fourth-order valence-corrected chi connectivity index (χ4v) is 3.13. The normalized spacial score (nSPS) is 38.7. The molecule has 1 N–H and O–H groups in total. The third-order valence-electron chi connectivity index (χ3n) is 4.03. The van der Waals surface area contributed by atoms with E-state index in [1.54, 1.807) is 7.11 Å². The number of aliphatic hydroxyl groups is 1. The number of allylic oxidation sites excluding steroid dienone is 1. The van der Waals surface area contributed by atoms with Gasteiger partial charge in [0.05, 0.1) is 11.7 Å². The number of ether oxygens (including phenoxy) is 1. The maximum atomic E-state index is 10.5. The Morgan fingerprint density at radius 3 is 2.43 bits per heavy atom. The van der Waals surface area contributed by atoms with Crippen LogP contribution in [-0.4, -0.2) is 23.9 Å². The van der Waals surface area contributed by atoms with Crippen molar-refractivity contribution in [2.45, 2.75) is 51.2 Å².